The van der Waals surface area contributed by atoms with E-state index in [1.165, 1.54) is 22.9 Å². The van der Waals surface area contributed by atoms with Gasteiger partial charge in [-0.3, -0.25) is 0 Å². The number of benzene rings is 1. The third-order valence-corrected chi connectivity index (χ3v) is 4.69. The van der Waals surface area contributed by atoms with Gasteiger partial charge in [0.25, 0.3) is 0 Å². The minimum Gasteiger partial charge on any atom is -0.173 e. The molecule has 0 aliphatic carbocycles. The zero-order valence-corrected chi connectivity index (χ0v) is 12.3. The molecule has 0 saturated carbocycles. The molecule has 1 aromatic heterocycles. The van der Waals surface area contributed by atoms with Crippen LogP contribution in [0.1, 0.15) is 45.7 Å². The third kappa shape index (κ3) is 1.86. The molecule has 2 rings (SSSR count). The molecule has 0 atom stereocenters. The zero-order valence-electron chi connectivity index (χ0n) is 11.5. The molecule has 0 radical (unpaired) electrons. The summed E-state index contributed by atoms with van der Waals surface area (Å²) in [6.45, 7) is 13.5. The lowest BCUT2D eigenvalue weighted by Crippen LogP contribution is -2.34. The van der Waals surface area contributed by atoms with Crippen LogP contribution >= 0.6 is 11.7 Å². The van der Waals surface area contributed by atoms with Crippen LogP contribution in [-0.4, -0.2) is 8.75 Å². The molecule has 0 N–H and O–H groups in total. The van der Waals surface area contributed by atoms with E-state index in [1.54, 1.807) is 0 Å². The third-order valence-electron chi connectivity index (χ3n) is 4.17. The molecule has 3 heteroatoms. The number of hydrogen-bond donors (Lipinski definition) is 0. The summed E-state index contributed by atoms with van der Waals surface area (Å²) < 4.78 is 8.89. The van der Waals surface area contributed by atoms with Crippen LogP contribution in [0.5, 0.6) is 0 Å². The zero-order chi connectivity index (χ0) is 12.8. The topological polar surface area (TPSA) is 25.8 Å². The monoisotopic (exact) mass is 248 g/mol. The lowest BCUT2D eigenvalue weighted by Gasteiger charge is -2.39. The Bertz CT molecular complexity index is 547. The van der Waals surface area contributed by atoms with Gasteiger partial charge in [0.05, 0.1) is 11.7 Å². The van der Waals surface area contributed by atoms with Crippen molar-refractivity contribution in [1.82, 2.24) is 8.75 Å². The fourth-order valence-corrected chi connectivity index (χ4v) is 2.52. The predicted octanol–water partition coefficient (Wildman–Crippen LogP) is 4.32. The van der Waals surface area contributed by atoms with E-state index in [-0.39, 0.29) is 10.8 Å². The van der Waals surface area contributed by atoms with E-state index in [9.17, 15) is 0 Å². The molecular formula is C14H20N2S. The van der Waals surface area contributed by atoms with Gasteiger partial charge in [-0.15, -0.1) is 0 Å². The highest BCUT2D eigenvalue weighted by molar-refractivity contribution is 7.00. The first-order chi connectivity index (χ1) is 7.75. The maximum Gasteiger partial charge on any atom is 0.108 e. The van der Waals surface area contributed by atoms with Gasteiger partial charge in [-0.05, 0) is 28.9 Å². The lowest BCUT2D eigenvalue weighted by atomic mass is 9.65. The Morgan fingerprint density at radius 2 is 1.53 bits per heavy atom. The maximum absolute atomic E-state index is 4.49. The molecule has 2 nitrogen and oxygen atoms in total. The van der Waals surface area contributed by atoms with E-state index in [0.29, 0.717) is 0 Å². The molecule has 0 aliphatic rings. The van der Waals surface area contributed by atoms with Crippen molar-refractivity contribution in [1.29, 1.82) is 0 Å². The van der Waals surface area contributed by atoms with Gasteiger partial charge in [0, 0.05) is 0 Å². The summed E-state index contributed by atoms with van der Waals surface area (Å²) in [5.74, 6) is 0. The average Bonchev–Trinajstić information content (AvgIpc) is 2.65. The average molecular weight is 248 g/mol. The number of hydrogen-bond acceptors (Lipinski definition) is 3. The summed E-state index contributed by atoms with van der Waals surface area (Å²) in [4.78, 5) is 0. The Morgan fingerprint density at radius 1 is 0.941 bits per heavy atom. The Hall–Kier alpha value is -0.960. The van der Waals surface area contributed by atoms with Gasteiger partial charge in [-0.1, -0.05) is 46.8 Å². The van der Waals surface area contributed by atoms with Gasteiger partial charge in [0.2, 0.25) is 0 Å². The van der Waals surface area contributed by atoms with Crippen LogP contribution in [0, 0.1) is 12.3 Å². The quantitative estimate of drug-likeness (QED) is 0.751. The van der Waals surface area contributed by atoms with Crippen molar-refractivity contribution in [3.8, 4) is 0 Å². The SMILES string of the molecule is Cc1ccc(C(C)(C)C(C)(C)C)c2nsnc12. The normalized spacial score (nSPS) is 13.3. The second kappa shape index (κ2) is 3.77. The summed E-state index contributed by atoms with van der Waals surface area (Å²) in [6, 6.07) is 4.37. The van der Waals surface area contributed by atoms with Crippen LogP contribution in [0.15, 0.2) is 12.1 Å². The lowest BCUT2D eigenvalue weighted by molar-refractivity contribution is 0.227. The highest BCUT2D eigenvalue weighted by atomic mass is 32.1. The largest absolute Gasteiger partial charge is 0.173 e. The van der Waals surface area contributed by atoms with Gasteiger partial charge < -0.3 is 0 Å². The van der Waals surface area contributed by atoms with Gasteiger partial charge in [-0.25, -0.2) is 0 Å². The molecule has 0 fully saturated rings. The molecule has 1 aromatic carbocycles. The summed E-state index contributed by atoms with van der Waals surface area (Å²) >= 11 is 1.31. The molecule has 0 unspecified atom stereocenters. The molecule has 2 aromatic rings. The van der Waals surface area contributed by atoms with E-state index in [2.05, 4.69) is 62.4 Å². The molecule has 92 valence electrons. The van der Waals surface area contributed by atoms with E-state index < -0.39 is 0 Å². The molecular weight excluding hydrogens is 228 g/mol. The van der Waals surface area contributed by atoms with E-state index >= 15 is 0 Å². The van der Waals surface area contributed by atoms with Crippen molar-refractivity contribution in [2.24, 2.45) is 5.41 Å². The number of aryl methyl sites for hydroxylation is 1. The molecule has 1 heterocycles. The fourth-order valence-electron chi connectivity index (χ4n) is 1.90. The number of aromatic nitrogens is 2. The van der Waals surface area contributed by atoms with Crippen LogP contribution in [0.3, 0.4) is 0 Å². The number of fused-ring (bicyclic) bond motifs is 1. The molecule has 0 amide bonds. The minimum absolute atomic E-state index is 0.0781. The first kappa shape index (κ1) is 12.5. The summed E-state index contributed by atoms with van der Waals surface area (Å²) in [5, 5.41) is 0. The molecule has 0 bridgehead atoms. The summed E-state index contributed by atoms with van der Waals surface area (Å²) in [5.41, 5.74) is 4.93. The number of nitrogens with zero attached hydrogens (tertiary/aromatic N) is 2. The highest BCUT2D eigenvalue weighted by Crippen LogP contribution is 2.43. The van der Waals surface area contributed by atoms with E-state index in [4.69, 9.17) is 0 Å². The smallest absolute Gasteiger partial charge is 0.108 e. The van der Waals surface area contributed by atoms with Crippen molar-refractivity contribution in [3.05, 3.63) is 23.3 Å². The molecule has 0 saturated heterocycles. The minimum atomic E-state index is 0.0781. The summed E-state index contributed by atoms with van der Waals surface area (Å²) in [6.07, 6.45) is 0. The van der Waals surface area contributed by atoms with Gasteiger partial charge in [0.1, 0.15) is 11.0 Å². The molecule has 0 aliphatic heterocycles. The van der Waals surface area contributed by atoms with Crippen molar-refractivity contribution in [2.75, 3.05) is 0 Å². The van der Waals surface area contributed by atoms with Crippen LogP contribution in [-0.2, 0) is 5.41 Å². The Morgan fingerprint density at radius 3 is 2.12 bits per heavy atom. The van der Waals surface area contributed by atoms with Gasteiger partial charge in [0.15, 0.2) is 0 Å². The van der Waals surface area contributed by atoms with Crippen molar-refractivity contribution in [2.45, 2.75) is 47.0 Å². The van der Waals surface area contributed by atoms with Crippen LogP contribution in [0.25, 0.3) is 11.0 Å². The second-order valence-corrected chi connectivity index (χ2v) is 6.79. The van der Waals surface area contributed by atoms with Gasteiger partial charge in [-0.2, -0.15) is 8.75 Å². The Labute approximate surface area is 107 Å². The van der Waals surface area contributed by atoms with Crippen molar-refractivity contribution in [3.63, 3.8) is 0 Å². The van der Waals surface area contributed by atoms with E-state index in [1.807, 2.05) is 0 Å². The Balaban J connectivity index is 2.72. The number of rotatable bonds is 1. The van der Waals surface area contributed by atoms with Gasteiger partial charge >= 0.3 is 0 Å². The fraction of sp³-hybridized carbons (Fsp3) is 0.571. The summed E-state index contributed by atoms with van der Waals surface area (Å²) in [7, 11) is 0. The van der Waals surface area contributed by atoms with Crippen LogP contribution in [0.4, 0.5) is 0 Å². The van der Waals surface area contributed by atoms with E-state index in [0.717, 1.165) is 11.0 Å². The van der Waals surface area contributed by atoms with Crippen molar-refractivity contribution < 1.29 is 0 Å². The first-order valence-corrected chi connectivity index (χ1v) is 6.70. The predicted molar refractivity (Wildman–Crippen MR) is 74.6 cm³/mol. The molecule has 17 heavy (non-hydrogen) atoms. The van der Waals surface area contributed by atoms with Crippen molar-refractivity contribution >= 4 is 22.8 Å². The standard InChI is InChI=1S/C14H20N2S/c1-9-7-8-10(12-11(9)15-17-16-12)14(5,6)13(2,3)4/h7-8H,1-6H3. The Kier molecular flexibility index (Phi) is 2.77. The highest BCUT2D eigenvalue weighted by Gasteiger charge is 2.36. The van der Waals surface area contributed by atoms with Crippen LogP contribution in [0.2, 0.25) is 0 Å². The maximum atomic E-state index is 4.49. The first-order valence-electron chi connectivity index (χ1n) is 5.97. The second-order valence-electron chi connectivity index (χ2n) is 6.27. The molecule has 0 spiro atoms. The van der Waals surface area contributed by atoms with Crippen LogP contribution < -0.4 is 0 Å².